The van der Waals surface area contributed by atoms with Gasteiger partial charge in [-0.2, -0.15) is 0 Å². The summed E-state index contributed by atoms with van der Waals surface area (Å²) in [5.74, 6) is -0.505. The summed E-state index contributed by atoms with van der Waals surface area (Å²) in [6.45, 7) is 1.99. The summed E-state index contributed by atoms with van der Waals surface area (Å²) in [5, 5.41) is 0. The highest BCUT2D eigenvalue weighted by Gasteiger charge is 2.38. The molecule has 0 radical (unpaired) electrons. The highest BCUT2D eigenvalue weighted by molar-refractivity contribution is 5.85. The first kappa shape index (κ1) is 10.3. The Kier molecular flexibility index (Phi) is 2.55. The second kappa shape index (κ2) is 3.72. The molecule has 0 saturated heterocycles. The van der Waals surface area contributed by atoms with Crippen LogP contribution >= 0.6 is 0 Å². The molecule has 0 N–H and O–H groups in total. The smallest absolute Gasteiger partial charge is 0.140 e. The van der Waals surface area contributed by atoms with Gasteiger partial charge in [0.1, 0.15) is 17.4 Å². The lowest BCUT2D eigenvalue weighted by Gasteiger charge is -2.02. The van der Waals surface area contributed by atoms with E-state index in [1.54, 1.807) is 0 Å². The van der Waals surface area contributed by atoms with Crippen LogP contribution in [0.1, 0.15) is 18.9 Å². The zero-order chi connectivity index (χ0) is 11.0. The standard InChI is InChI=1S/C12H12F2O/c1-7-4-10(7)12(15)6-8-5-9(13)2-3-11(8)14/h2-3,5,7,10H,4,6H2,1H3. The van der Waals surface area contributed by atoms with Gasteiger partial charge >= 0.3 is 0 Å². The van der Waals surface area contributed by atoms with Crippen molar-refractivity contribution >= 4 is 5.78 Å². The van der Waals surface area contributed by atoms with E-state index in [4.69, 9.17) is 0 Å². The molecular weight excluding hydrogens is 198 g/mol. The molecule has 1 fully saturated rings. The van der Waals surface area contributed by atoms with Crippen molar-refractivity contribution < 1.29 is 13.6 Å². The van der Waals surface area contributed by atoms with Crippen molar-refractivity contribution in [3.8, 4) is 0 Å². The highest BCUT2D eigenvalue weighted by atomic mass is 19.1. The number of benzene rings is 1. The largest absolute Gasteiger partial charge is 0.299 e. The van der Waals surface area contributed by atoms with Gasteiger partial charge in [0, 0.05) is 12.3 Å². The fourth-order valence-corrected chi connectivity index (χ4v) is 1.77. The molecule has 2 atom stereocenters. The average Bonchev–Trinajstić information content (AvgIpc) is 2.89. The fraction of sp³-hybridized carbons (Fsp3) is 0.417. The minimum atomic E-state index is -0.502. The molecule has 15 heavy (non-hydrogen) atoms. The van der Waals surface area contributed by atoms with Gasteiger partial charge in [0.05, 0.1) is 0 Å². The monoisotopic (exact) mass is 210 g/mol. The van der Waals surface area contributed by atoms with Gasteiger partial charge in [-0.1, -0.05) is 6.92 Å². The summed E-state index contributed by atoms with van der Waals surface area (Å²) in [4.78, 5) is 11.6. The molecule has 0 aromatic heterocycles. The number of halogens is 2. The Labute approximate surface area is 87.1 Å². The molecule has 1 aromatic carbocycles. The van der Waals surface area contributed by atoms with Crippen LogP contribution in [0.5, 0.6) is 0 Å². The van der Waals surface area contributed by atoms with E-state index in [2.05, 4.69) is 0 Å². The summed E-state index contributed by atoms with van der Waals surface area (Å²) in [6.07, 6.45) is 0.897. The first-order valence-electron chi connectivity index (χ1n) is 5.04. The molecular formula is C12H12F2O. The number of carbonyl (C=O) groups excluding carboxylic acids is 1. The minimum absolute atomic E-state index is 0.0125. The molecule has 1 aliphatic carbocycles. The van der Waals surface area contributed by atoms with Crippen LogP contribution < -0.4 is 0 Å². The van der Waals surface area contributed by atoms with Gasteiger partial charge in [0.2, 0.25) is 0 Å². The van der Waals surface area contributed by atoms with Gasteiger partial charge in [0.15, 0.2) is 0 Å². The van der Waals surface area contributed by atoms with Crippen molar-refractivity contribution in [3.05, 3.63) is 35.4 Å². The summed E-state index contributed by atoms with van der Waals surface area (Å²) in [7, 11) is 0. The van der Waals surface area contributed by atoms with Gasteiger partial charge < -0.3 is 0 Å². The van der Waals surface area contributed by atoms with Crippen LogP contribution in [0, 0.1) is 23.5 Å². The van der Waals surface area contributed by atoms with Crippen LogP contribution in [-0.4, -0.2) is 5.78 Å². The predicted octanol–water partition coefficient (Wildman–Crippen LogP) is 2.73. The van der Waals surface area contributed by atoms with E-state index in [-0.39, 0.29) is 23.7 Å². The summed E-state index contributed by atoms with van der Waals surface area (Å²) >= 11 is 0. The number of ketones is 1. The molecule has 80 valence electrons. The Morgan fingerprint density at radius 3 is 2.73 bits per heavy atom. The lowest BCUT2D eigenvalue weighted by molar-refractivity contribution is -0.119. The van der Waals surface area contributed by atoms with E-state index in [0.717, 1.165) is 24.6 Å². The van der Waals surface area contributed by atoms with E-state index >= 15 is 0 Å². The highest BCUT2D eigenvalue weighted by Crippen LogP contribution is 2.39. The average molecular weight is 210 g/mol. The Bertz CT molecular complexity index is 401. The van der Waals surface area contributed by atoms with Crippen LogP contribution in [0.2, 0.25) is 0 Å². The quantitative estimate of drug-likeness (QED) is 0.749. The zero-order valence-corrected chi connectivity index (χ0v) is 8.47. The van der Waals surface area contributed by atoms with Gasteiger partial charge in [-0.3, -0.25) is 4.79 Å². The van der Waals surface area contributed by atoms with Gasteiger partial charge in [-0.15, -0.1) is 0 Å². The van der Waals surface area contributed by atoms with Gasteiger partial charge in [0.25, 0.3) is 0 Å². The molecule has 1 saturated carbocycles. The summed E-state index contributed by atoms with van der Waals surface area (Å²) < 4.78 is 26.0. The summed E-state index contributed by atoms with van der Waals surface area (Å²) in [5.41, 5.74) is 0.166. The number of carbonyl (C=O) groups is 1. The predicted molar refractivity (Wildman–Crippen MR) is 52.3 cm³/mol. The maximum Gasteiger partial charge on any atom is 0.140 e. The van der Waals surface area contributed by atoms with Gasteiger partial charge in [-0.25, -0.2) is 8.78 Å². The molecule has 1 aromatic rings. The van der Waals surface area contributed by atoms with Crippen LogP contribution in [0.3, 0.4) is 0 Å². The molecule has 2 rings (SSSR count). The third kappa shape index (κ3) is 2.22. The van der Waals surface area contributed by atoms with Crippen LogP contribution in [0.15, 0.2) is 18.2 Å². The Morgan fingerprint density at radius 1 is 1.47 bits per heavy atom. The van der Waals surface area contributed by atoms with Crippen LogP contribution in [0.4, 0.5) is 8.78 Å². The molecule has 1 nitrogen and oxygen atoms in total. The van der Waals surface area contributed by atoms with Crippen LogP contribution in [0.25, 0.3) is 0 Å². The van der Waals surface area contributed by atoms with E-state index in [1.165, 1.54) is 0 Å². The number of Topliss-reactive ketones (excluding diaryl/α,β-unsaturated/α-hetero) is 1. The molecule has 3 heteroatoms. The Morgan fingerprint density at radius 2 is 2.13 bits per heavy atom. The van der Waals surface area contributed by atoms with Crippen molar-refractivity contribution in [1.29, 1.82) is 0 Å². The lowest BCUT2D eigenvalue weighted by Crippen LogP contribution is -2.07. The second-order valence-electron chi connectivity index (χ2n) is 4.20. The van der Waals surface area contributed by atoms with Gasteiger partial charge in [-0.05, 0) is 36.1 Å². The molecule has 0 spiro atoms. The normalized spacial score (nSPS) is 23.9. The molecule has 0 bridgehead atoms. The number of rotatable bonds is 3. The van der Waals surface area contributed by atoms with E-state index < -0.39 is 11.6 Å². The third-order valence-corrected chi connectivity index (χ3v) is 2.90. The van der Waals surface area contributed by atoms with E-state index in [0.29, 0.717) is 5.92 Å². The van der Waals surface area contributed by atoms with E-state index in [1.807, 2.05) is 6.92 Å². The maximum atomic E-state index is 13.2. The molecule has 1 aliphatic rings. The summed E-state index contributed by atoms with van der Waals surface area (Å²) in [6, 6.07) is 3.22. The topological polar surface area (TPSA) is 17.1 Å². The zero-order valence-electron chi connectivity index (χ0n) is 8.47. The van der Waals surface area contributed by atoms with E-state index in [9.17, 15) is 13.6 Å². The minimum Gasteiger partial charge on any atom is -0.299 e. The first-order valence-corrected chi connectivity index (χ1v) is 5.04. The Balaban J connectivity index is 2.10. The van der Waals surface area contributed by atoms with Crippen molar-refractivity contribution in [1.82, 2.24) is 0 Å². The first-order chi connectivity index (χ1) is 7.08. The van der Waals surface area contributed by atoms with Crippen LogP contribution in [-0.2, 0) is 11.2 Å². The van der Waals surface area contributed by atoms with Crippen molar-refractivity contribution in [3.63, 3.8) is 0 Å². The fourth-order valence-electron chi connectivity index (χ4n) is 1.77. The maximum absolute atomic E-state index is 13.2. The lowest BCUT2D eigenvalue weighted by atomic mass is 10.0. The second-order valence-corrected chi connectivity index (χ2v) is 4.20. The van der Waals surface area contributed by atoms with Crippen molar-refractivity contribution in [2.24, 2.45) is 11.8 Å². The van der Waals surface area contributed by atoms with Crippen molar-refractivity contribution in [2.75, 3.05) is 0 Å². The third-order valence-electron chi connectivity index (χ3n) is 2.90. The number of hydrogen-bond donors (Lipinski definition) is 0. The number of hydrogen-bond acceptors (Lipinski definition) is 1. The van der Waals surface area contributed by atoms with Crippen molar-refractivity contribution in [2.45, 2.75) is 19.8 Å². The Hall–Kier alpha value is -1.25. The molecule has 0 amide bonds. The molecule has 2 unspecified atom stereocenters. The SMILES string of the molecule is CC1CC1C(=O)Cc1cc(F)ccc1F. The molecule has 0 aliphatic heterocycles. The molecule has 0 heterocycles.